The first-order valence-corrected chi connectivity index (χ1v) is 11.8. The monoisotopic (exact) mass is 595 g/mol. The number of ether oxygens (including phenoxy) is 3. The number of halogens is 6. The molecular formula is C27H19BrF5NO4. The highest BCUT2D eigenvalue weighted by Crippen LogP contribution is 2.37. The molecule has 0 aliphatic carbocycles. The van der Waals surface area contributed by atoms with Crippen molar-refractivity contribution in [1.82, 2.24) is 4.57 Å². The van der Waals surface area contributed by atoms with Crippen LogP contribution in [0.4, 0.5) is 22.0 Å². The maximum absolute atomic E-state index is 14.2. The highest BCUT2D eigenvalue weighted by Gasteiger charge is 2.21. The zero-order chi connectivity index (χ0) is 27.6. The number of carbonyl (C=O) groups excluding carboxylic acids is 1. The SMILES string of the molecule is COC(=O)c1cc(-n2c(C)ccc2-c2cc(Br)ccc2OCc2c(F)cc(F)cc2F)ccc1OC(F)F. The van der Waals surface area contributed by atoms with Gasteiger partial charge in [0, 0.05) is 33.6 Å². The normalized spacial score (nSPS) is 11.1. The van der Waals surface area contributed by atoms with Crippen LogP contribution in [0.2, 0.25) is 0 Å². The average Bonchev–Trinajstić information content (AvgIpc) is 3.24. The van der Waals surface area contributed by atoms with Gasteiger partial charge in [-0.1, -0.05) is 15.9 Å². The first-order valence-electron chi connectivity index (χ1n) is 11.0. The van der Waals surface area contributed by atoms with E-state index in [0.29, 0.717) is 39.2 Å². The van der Waals surface area contributed by atoms with Crippen molar-refractivity contribution in [2.75, 3.05) is 7.11 Å². The van der Waals surface area contributed by atoms with Crippen LogP contribution in [0.3, 0.4) is 0 Å². The number of methoxy groups -OCH3 is 1. The molecule has 0 N–H and O–H groups in total. The maximum atomic E-state index is 14.2. The van der Waals surface area contributed by atoms with Crippen LogP contribution in [-0.4, -0.2) is 24.3 Å². The smallest absolute Gasteiger partial charge is 0.387 e. The molecule has 4 rings (SSSR count). The van der Waals surface area contributed by atoms with Gasteiger partial charge in [-0.25, -0.2) is 18.0 Å². The summed E-state index contributed by atoms with van der Waals surface area (Å²) in [5, 5.41) is 0. The molecule has 198 valence electrons. The number of hydrogen-bond donors (Lipinski definition) is 0. The molecule has 0 bridgehead atoms. The van der Waals surface area contributed by atoms with E-state index in [1.807, 2.05) is 0 Å². The van der Waals surface area contributed by atoms with Gasteiger partial charge in [0.15, 0.2) is 0 Å². The van der Waals surface area contributed by atoms with Crippen LogP contribution in [0, 0.1) is 24.4 Å². The van der Waals surface area contributed by atoms with Crippen molar-refractivity contribution in [3.05, 3.63) is 99.4 Å². The van der Waals surface area contributed by atoms with E-state index in [-0.39, 0.29) is 17.1 Å². The molecule has 0 saturated carbocycles. The summed E-state index contributed by atoms with van der Waals surface area (Å²) in [5.74, 6) is -4.18. The number of carbonyl (C=O) groups is 1. The van der Waals surface area contributed by atoms with E-state index in [1.165, 1.54) is 18.2 Å². The molecule has 4 aromatic rings. The predicted octanol–water partition coefficient (Wildman–Crippen LogP) is 7.60. The van der Waals surface area contributed by atoms with Crippen molar-refractivity contribution in [3.63, 3.8) is 0 Å². The summed E-state index contributed by atoms with van der Waals surface area (Å²) < 4.78 is 84.7. The van der Waals surface area contributed by atoms with Crippen molar-refractivity contribution >= 4 is 21.9 Å². The highest BCUT2D eigenvalue weighted by atomic mass is 79.9. The lowest BCUT2D eigenvalue weighted by Gasteiger charge is -2.18. The Balaban J connectivity index is 1.78. The summed E-state index contributed by atoms with van der Waals surface area (Å²) in [6.45, 7) is -1.88. The molecule has 0 atom stereocenters. The summed E-state index contributed by atoms with van der Waals surface area (Å²) in [5.41, 5.74) is 1.53. The van der Waals surface area contributed by atoms with Gasteiger partial charge in [0.25, 0.3) is 0 Å². The highest BCUT2D eigenvalue weighted by molar-refractivity contribution is 9.10. The topological polar surface area (TPSA) is 49.7 Å². The number of aromatic nitrogens is 1. The van der Waals surface area contributed by atoms with Crippen molar-refractivity contribution < 1.29 is 41.0 Å². The minimum atomic E-state index is -3.15. The van der Waals surface area contributed by atoms with Crippen LogP contribution in [-0.2, 0) is 11.3 Å². The zero-order valence-electron chi connectivity index (χ0n) is 19.9. The molecule has 0 fully saturated rings. The van der Waals surface area contributed by atoms with E-state index >= 15 is 0 Å². The number of hydrogen-bond acceptors (Lipinski definition) is 4. The van der Waals surface area contributed by atoms with E-state index in [9.17, 15) is 26.7 Å². The molecule has 1 heterocycles. The lowest BCUT2D eigenvalue weighted by Crippen LogP contribution is -2.11. The second kappa shape index (κ2) is 11.3. The Morgan fingerprint density at radius 2 is 1.63 bits per heavy atom. The molecule has 5 nitrogen and oxygen atoms in total. The average molecular weight is 596 g/mol. The van der Waals surface area contributed by atoms with Crippen LogP contribution in [0.5, 0.6) is 11.5 Å². The van der Waals surface area contributed by atoms with Gasteiger partial charge in [-0.2, -0.15) is 8.78 Å². The third kappa shape index (κ3) is 5.67. The molecule has 0 radical (unpaired) electrons. The largest absolute Gasteiger partial charge is 0.488 e. The third-order valence-corrected chi connectivity index (χ3v) is 6.11. The summed E-state index contributed by atoms with van der Waals surface area (Å²) in [6, 6.07) is 13.7. The molecule has 0 aliphatic rings. The first-order chi connectivity index (χ1) is 18.1. The van der Waals surface area contributed by atoms with Crippen LogP contribution in [0.25, 0.3) is 16.9 Å². The Morgan fingerprint density at radius 3 is 2.29 bits per heavy atom. The van der Waals surface area contributed by atoms with Gasteiger partial charge in [-0.3, -0.25) is 0 Å². The molecule has 0 unspecified atom stereocenters. The van der Waals surface area contributed by atoms with Gasteiger partial charge in [-0.15, -0.1) is 0 Å². The van der Waals surface area contributed by atoms with Crippen LogP contribution < -0.4 is 9.47 Å². The van der Waals surface area contributed by atoms with Crippen molar-refractivity contribution in [1.29, 1.82) is 0 Å². The molecule has 38 heavy (non-hydrogen) atoms. The molecule has 0 saturated heterocycles. The van der Waals surface area contributed by atoms with Gasteiger partial charge in [0.05, 0.1) is 18.4 Å². The fourth-order valence-corrected chi connectivity index (χ4v) is 4.27. The fourth-order valence-electron chi connectivity index (χ4n) is 3.90. The van der Waals surface area contributed by atoms with Crippen LogP contribution in [0.1, 0.15) is 21.6 Å². The summed E-state index contributed by atoms with van der Waals surface area (Å²) >= 11 is 3.41. The van der Waals surface area contributed by atoms with Gasteiger partial charge in [0.2, 0.25) is 0 Å². The molecule has 0 amide bonds. The summed E-state index contributed by atoms with van der Waals surface area (Å²) in [4.78, 5) is 12.3. The predicted molar refractivity (Wildman–Crippen MR) is 132 cm³/mol. The minimum absolute atomic E-state index is 0.211. The molecule has 11 heteroatoms. The Bertz CT molecular complexity index is 1480. The zero-order valence-corrected chi connectivity index (χ0v) is 21.5. The molecule has 0 aliphatic heterocycles. The fraction of sp³-hybridized carbons (Fsp3) is 0.148. The quantitative estimate of drug-likeness (QED) is 0.155. The number of aryl methyl sites for hydroxylation is 1. The first kappa shape index (κ1) is 27.2. The maximum Gasteiger partial charge on any atom is 0.387 e. The van der Waals surface area contributed by atoms with Gasteiger partial charge in [0.1, 0.15) is 41.1 Å². The van der Waals surface area contributed by atoms with E-state index in [2.05, 4.69) is 20.7 Å². The minimum Gasteiger partial charge on any atom is -0.488 e. The Morgan fingerprint density at radius 1 is 0.947 bits per heavy atom. The molecular weight excluding hydrogens is 577 g/mol. The standard InChI is InChI=1S/C27H19BrF5NO4/c1-14-3-6-23(34(14)17-5-8-25(38-27(32)33)19(12-17)26(35)36-2)18-9-15(28)4-7-24(18)37-13-20-21(30)10-16(29)11-22(20)31/h3-12,27H,13H2,1-2H3. The number of benzene rings is 3. The van der Waals surface area contributed by atoms with Crippen LogP contribution >= 0.6 is 15.9 Å². The van der Waals surface area contributed by atoms with E-state index < -0.39 is 42.2 Å². The third-order valence-electron chi connectivity index (χ3n) is 5.61. The van der Waals surface area contributed by atoms with E-state index in [1.54, 1.807) is 41.8 Å². The van der Waals surface area contributed by atoms with E-state index in [0.717, 1.165) is 7.11 Å². The number of esters is 1. The van der Waals surface area contributed by atoms with Crippen molar-refractivity contribution in [2.24, 2.45) is 0 Å². The second-order valence-electron chi connectivity index (χ2n) is 8.02. The molecule has 3 aromatic carbocycles. The number of nitrogens with zero attached hydrogens (tertiary/aromatic N) is 1. The summed E-state index contributed by atoms with van der Waals surface area (Å²) in [6.07, 6.45) is 0. The Labute approximate surface area is 222 Å². The lowest BCUT2D eigenvalue weighted by molar-refractivity contribution is -0.0504. The van der Waals surface area contributed by atoms with Crippen LogP contribution in [0.15, 0.2) is 65.1 Å². The molecule has 0 spiro atoms. The Kier molecular flexibility index (Phi) is 8.05. The van der Waals surface area contributed by atoms with Crippen molar-refractivity contribution in [3.8, 4) is 28.4 Å². The van der Waals surface area contributed by atoms with Gasteiger partial charge >= 0.3 is 12.6 Å². The second-order valence-corrected chi connectivity index (χ2v) is 8.94. The lowest BCUT2D eigenvalue weighted by atomic mass is 10.1. The Hall–Kier alpha value is -3.86. The van der Waals surface area contributed by atoms with Gasteiger partial charge < -0.3 is 18.8 Å². The summed E-state index contributed by atoms with van der Waals surface area (Å²) in [7, 11) is 1.12. The van der Waals surface area contributed by atoms with Gasteiger partial charge in [-0.05, 0) is 55.5 Å². The van der Waals surface area contributed by atoms with Crippen molar-refractivity contribution in [2.45, 2.75) is 20.1 Å². The number of rotatable bonds is 8. The molecule has 1 aromatic heterocycles. The van der Waals surface area contributed by atoms with E-state index in [4.69, 9.17) is 9.47 Å². The number of alkyl halides is 2.